The van der Waals surface area contributed by atoms with E-state index in [1.165, 1.54) is 6.07 Å². The Hall–Kier alpha value is -2.31. The van der Waals surface area contributed by atoms with Gasteiger partial charge in [-0.15, -0.1) is 0 Å². The first-order valence-corrected chi connectivity index (χ1v) is 6.11. The molecule has 1 aromatic carbocycles. The molecule has 0 aliphatic carbocycles. The van der Waals surface area contributed by atoms with Crippen LogP contribution in [0.4, 0.5) is 10.1 Å². The number of likely N-dealkylation sites (tertiary alicyclic amines) is 1. The molecule has 7 heteroatoms. The molecule has 1 aliphatic rings. The van der Waals surface area contributed by atoms with Crippen LogP contribution in [-0.4, -0.2) is 21.6 Å². The van der Waals surface area contributed by atoms with Gasteiger partial charge in [-0.3, -0.25) is 24.6 Å². The van der Waals surface area contributed by atoms with Gasteiger partial charge in [-0.25, -0.2) is 0 Å². The molecule has 106 valence electrons. The van der Waals surface area contributed by atoms with Crippen molar-refractivity contribution in [1.82, 2.24) is 4.90 Å². The van der Waals surface area contributed by atoms with Crippen LogP contribution in [0.5, 0.6) is 0 Å². The molecule has 6 nitrogen and oxygen atoms in total. The first kappa shape index (κ1) is 14.1. The molecule has 1 aromatic rings. The molecule has 0 bridgehead atoms. The third-order valence-corrected chi connectivity index (χ3v) is 3.61. The summed E-state index contributed by atoms with van der Waals surface area (Å²) in [6, 6.07) is 3.35. The fraction of sp³-hybridized carbons (Fsp3) is 0.385. The molecule has 20 heavy (non-hydrogen) atoms. The Morgan fingerprint density at radius 3 is 2.25 bits per heavy atom. The number of nitro benzene ring substituents is 1. The van der Waals surface area contributed by atoms with E-state index in [9.17, 15) is 24.1 Å². The summed E-state index contributed by atoms with van der Waals surface area (Å²) in [5.74, 6) is -2.38. The van der Waals surface area contributed by atoms with Crippen molar-refractivity contribution in [2.75, 3.05) is 0 Å². The van der Waals surface area contributed by atoms with Gasteiger partial charge in [-0.2, -0.15) is 4.39 Å². The molecule has 0 spiro atoms. The summed E-state index contributed by atoms with van der Waals surface area (Å²) in [5.41, 5.74) is -0.286. The van der Waals surface area contributed by atoms with E-state index < -0.39 is 28.3 Å². The van der Waals surface area contributed by atoms with E-state index in [4.69, 9.17) is 0 Å². The Morgan fingerprint density at radius 2 is 1.80 bits per heavy atom. The third kappa shape index (κ3) is 2.26. The summed E-state index contributed by atoms with van der Waals surface area (Å²) < 4.78 is 13.5. The van der Waals surface area contributed by atoms with Gasteiger partial charge < -0.3 is 0 Å². The Bertz CT molecular complexity index is 582. The normalized spacial score (nSPS) is 22.4. The molecule has 1 heterocycles. The molecule has 2 rings (SSSR count). The number of nitro groups is 1. The highest BCUT2D eigenvalue weighted by molar-refractivity contribution is 6.04. The van der Waals surface area contributed by atoms with Crippen molar-refractivity contribution in [3.8, 4) is 0 Å². The quantitative estimate of drug-likeness (QED) is 0.481. The molecular formula is C13H13FN2O4. The van der Waals surface area contributed by atoms with Crippen LogP contribution >= 0.6 is 0 Å². The number of rotatable bonds is 3. The topological polar surface area (TPSA) is 80.5 Å². The van der Waals surface area contributed by atoms with Crippen LogP contribution in [0.1, 0.15) is 19.4 Å². The number of amides is 2. The maximum absolute atomic E-state index is 13.5. The van der Waals surface area contributed by atoms with Gasteiger partial charge in [0, 0.05) is 17.9 Å². The average Bonchev–Trinajstić information content (AvgIpc) is 2.56. The molecular weight excluding hydrogens is 267 g/mol. The number of imide groups is 1. The third-order valence-electron chi connectivity index (χ3n) is 3.61. The van der Waals surface area contributed by atoms with Crippen molar-refractivity contribution in [3.05, 3.63) is 39.7 Å². The molecule has 0 saturated carbocycles. The van der Waals surface area contributed by atoms with Gasteiger partial charge >= 0.3 is 5.69 Å². The SMILES string of the molecule is CC1C(=O)N(Cc2ccc([N+](=O)[O-])c(F)c2)C(=O)C1C. The minimum Gasteiger partial charge on any atom is -0.278 e. The zero-order valence-corrected chi connectivity index (χ0v) is 11.0. The smallest absolute Gasteiger partial charge is 0.278 e. The summed E-state index contributed by atoms with van der Waals surface area (Å²) in [5, 5.41) is 10.5. The summed E-state index contributed by atoms with van der Waals surface area (Å²) in [6.45, 7) is 3.27. The number of nitrogens with zero attached hydrogens (tertiary/aromatic N) is 2. The molecule has 0 N–H and O–H groups in total. The largest absolute Gasteiger partial charge is 0.304 e. The second-order valence-corrected chi connectivity index (χ2v) is 4.88. The lowest BCUT2D eigenvalue weighted by atomic mass is 10.00. The van der Waals surface area contributed by atoms with Gasteiger partial charge in [0.2, 0.25) is 17.6 Å². The van der Waals surface area contributed by atoms with Crippen molar-refractivity contribution in [3.63, 3.8) is 0 Å². The number of hydrogen-bond donors (Lipinski definition) is 0. The molecule has 2 amide bonds. The zero-order valence-electron chi connectivity index (χ0n) is 11.0. The maximum atomic E-state index is 13.5. The van der Waals surface area contributed by atoms with E-state index in [1.807, 2.05) is 0 Å². The van der Waals surface area contributed by atoms with Crippen LogP contribution in [0.25, 0.3) is 0 Å². The Kier molecular flexibility index (Phi) is 3.52. The van der Waals surface area contributed by atoms with Crippen LogP contribution in [0.3, 0.4) is 0 Å². The number of carbonyl (C=O) groups excluding carboxylic acids is 2. The van der Waals surface area contributed by atoms with Crippen molar-refractivity contribution < 1.29 is 18.9 Å². The Morgan fingerprint density at radius 1 is 1.25 bits per heavy atom. The van der Waals surface area contributed by atoms with Gasteiger partial charge in [-0.05, 0) is 11.6 Å². The zero-order chi connectivity index (χ0) is 15.0. The first-order valence-electron chi connectivity index (χ1n) is 6.11. The summed E-state index contributed by atoms with van der Waals surface area (Å²) in [6.07, 6.45) is 0. The van der Waals surface area contributed by atoms with Crippen LogP contribution in [0.2, 0.25) is 0 Å². The average molecular weight is 280 g/mol. The van der Waals surface area contributed by atoms with Gasteiger partial charge in [0.1, 0.15) is 0 Å². The van der Waals surface area contributed by atoms with Crippen LogP contribution in [0, 0.1) is 27.8 Å². The lowest BCUT2D eigenvalue weighted by Crippen LogP contribution is -2.30. The second-order valence-electron chi connectivity index (χ2n) is 4.88. The van der Waals surface area contributed by atoms with Crippen molar-refractivity contribution >= 4 is 17.5 Å². The minimum atomic E-state index is -0.979. The highest BCUT2D eigenvalue weighted by Gasteiger charge is 2.42. The van der Waals surface area contributed by atoms with Gasteiger partial charge in [0.15, 0.2) is 0 Å². The molecule has 1 saturated heterocycles. The fourth-order valence-electron chi connectivity index (χ4n) is 2.16. The van der Waals surface area contributed by atoms with Gasteiger partial charge in [-0.1, -0.05) is 19.9 Å². The molecule has 0 aromatic heterocycles. The molecule has 0 radical (unpaired) electrons. The monoisotopic (exact) mass is 280 g/mol. The van der Waals surface area contributed by atoms with Crippen LogP contribution < -0.4 is 0 Å². The summed E-state index contributed by atoms with van der Waals surface area (Å²) in [4.78, 5) is 34.5. The molecule has 1 aliphatic heterocycles. The lowest BCUT2D eigenvalue weighted by molar-refractivity contribution is -0.387. The number of carbonyl (C=O) groups is 2. The van der Waals surface area contributed by atoms with Gasteiger partial charge in [0.25, 0.3) is 0 Å². The summed E-state index contributed by atoms with van der Waals surface area (Å²) >= 11 is 0. The van der Waals surface area contributed by atoms with Crippen LogP contribution in [0.15, 0.2) is 18.2 Å². The summed E-state index contributed by atoms with van der Waals surface area (Å²) in [7, 11) is 0. The van der Waals surface area contributed by atoms with E-state index in [0.717, 1.165) is 17.0 Å². The predicted octanol–water partition coefficient (Wildman–Crippen LogP) is 1.87. The van der Waals surface area contributed by atoms with E-state index in [0.29, 0.717) is 5.56 Å². The minimum absolute atomic E-state index is 0.0682. The number of hydrogen-bond acceptors (Lipinski definition) is 4. The molecule has 2 atom stereocenters. The Labute approximate surface area is 114 Å². The highest BCUT2D eigenvalue weighted by atomic mass is 19.1. The van der Waals surface area contributed by atoms with Crippen molar-refractivity contribution in [2.24, 2.45) is 11.8 Å². The first-order chi connectivity index (χ1) is 9.32. The van der Waals surface area contributed by atoms with E-state index in [-0.39, 0.29) is 18.4 Å². The number of halogens is 1. The maximum Gasteiger partial charge on any atom is 0.304 e. The van der Waals surface area contributed by atoms with E-state index in [2.05, 4.69) is 0 Å². The second kappa shape index (κ2) is 4.99. The lowest BCUT2D eigenvalue weighted by Gasteiger charge is -2.14. The fourth-order valence-corrected chi connectivity index (χ4v) is 2.16. The predicted molar refractivity (Wildman–Crippen MR) is 66.9 cm³/mol. The van der Waals surface area contributed by atoms with Crippen molar-refractivity contribution in [2.45, 2.75) is 20.4 Å². The molecule has 1 fully saturated rings. The van der Waals surface area contributed by atoms with Crippen molar-refractivity contribution in [1.29, 1.82) is 0 Å². The Balaban J connectivity index is 2.23. The van der Waals surface area contributed by atoms with Crippen LogP contribution in [-0.2, 0) is 16.1 Å². The molecule has 2 unspecified atom stereocenters. The highest BCUT2D eigenvalue weighted by Crippen LogP contribution is 2.27. The number of benzene rings is 1. The van der Waals surface area contributed by atoms with E-state index >= 15 is 0 Å². The van der Waals surface area contributed by atoms with Gasteiger partial charge in [0.05, 0.1) is 11.5 Å². The standard InChI is InChI=1S/C13H13FN2O4/c1-7-8(2)13(18)15(12(7)17)6-9-3-4-11(16(19)20)10(14)5-9/h3-5,7-8H,6H2,1-2H3. The van der Waals surface area contributed by atoms with E-state index in [1.54, 1.807) is 13.8 Å².